The lowest BCUT2D eigenvalue weighted by Crippen LogP contribution is -2.57. The molecular formula is C68H93N9O8S. The SMILES string of the molecule is CCN(c1cc(-c2ccc(CN3CCN(C(=O)CCCCCCCCCCC(=O)N[C@H](C(=O)N4C[C@H](O)C[C@@H]4C(=O)NCc4ccc(-c5scnc5C)cc4)C(C)(C)C)CC3)cc2)cc(C(=O)NCc2c(C)cc(C)[nH]c2=O)c1C)C1CCOCC1. The summed E-state index contributed by atoms with van der Waals surface area (Å²) in [4.78, 5) is 97.6. The lowest BCUT2D eigenvalue weighted by atomic mass is 9.85. The van der Waals surface area contributed by atoms with E-state index in [0.29, 0.717) is 62.7 Å². The molecule has 3 aromatic carbocycles. The van der Waals surface area contributed by atoms with E-state index in [1.165, 1.54) is 10.5 Å². The second kappa shape index (κ2) is 30.8. The largest absolute Gasteiger partial charge is 0.391 e. The molecule has 86 heavy (non-hydrogen) atoms. The molecule has 8 rings (SSSR count). The predicted molar refractivity (Wildman–Crippen MR) is 341 cm³/mol. The Morgan fingerprint density at radius 3 is 2.06 bits per heavy atom. The summed E-state index contributed by atoms with van der Waals surface area (Å²) in [5, 5.41) is 19.7. The average molecular weight is 1200 g/mol. The van der Waals surface area contributed by atoms with Gasteiger partial charge in [-0.1, -0.05) is 108 Å². The summed E-state index contributed by atoms with van der Waals surface area (Å²) >= 11 is 1.58. The first-order chi connectivity index (χ1) is 41.3. The number of aromatic amines is 1. The number of aliphatic hydroxyl groups is 1. The molecule has 0 bridgehead atoms. The quantitative estimate of drug-likeness (QED) is 0.0329. The Balaban J connectivity index is 0.715. The number of ether oxygens (including phenoxy) is 1. The van der Waals surface area contributed by atoms with Crippen molar-refractivity contribution >= 4 is 46.6 Å². The number of anilines is 1. The van der Waals surface area contributed by atoms with Crippen LogP contribution in [0.15, 0.2) is 77.0 Å². The number of amides is 5. The third-order valence-corrected chi connectivity index (χ3v) is 18.5. The van der Waals surface area contributed by atoms with Crippen LogP contribution in [0.2, 0.25) is 0 Å². The second-order valence-corrected chi connectivity index (χ2v) is 25.9. The number of benzene rings is 3. The van der Waals surface area contributed by atoms with E-state index in [1.807, 2.05) is 95.3 Å². The van der Waals surface area contributed by atoms with Crippen LogP contribution in [-0.2, 0) is 43.5 Å². The van der Waals surface area contributed by atoms with Crippen LogP contribution < -0.4 is 26.4 Å². The number of carbonyl (C=O) groups is 5. The van der Waals surface area contributed by atoms with Crippen LogP contribution >= 0.6 is 11.3 Å². The van der Waals surface area contributed by atoms with Crippen molar-refractivity contribution in [2.24, 2.45) is 5.41 Å². The first-order valence-electron chi connectivity index (χ1n) is 31.4. The molecule has 0 saturated carbocycles. The Hall–Kier alpha value is -6.73. The number of nitrogens with one attached hydrogen (secondary N) is 4. The fourth-order valence-electron chi connectivity index (χ4n) is 12.4. The molecule has 3 aliphatic heterocycles. The topological polar surface area (TPSA) is 210 Å². The maximum Gasteiger partial charge on any atom is 0.253 e. The van der Waals surface area contributed by atoms with Crippen molar-refractivity contribution in [1.82, 2.24) is 40.6 Å². The number of H-pyrrole nitrogens is 1. The number of unbranched alkanes of at least 4 members (excludes halogenated alkanes) is 7. The van der Waals surface area contributed by atoms with Gasteiger partial charge in [-0.3, -0.25) is 33.7 Å². The van der Waals surface area contributed by atoms with Gasteiger partial charge in [-0.2, -0.15) is 0 Å². The highest BCUT2D eigenvalue weighted by molar-refractivity contribution is 7.13. The zero-order valence-corrected chi connectivity index (χ0v) is 53.0. The molecule has 0 radical (unpaired) electrons. The van der Waals surface area contributed by atoms with Crippen molar-refractivity contribution in [2.75, 3.05) is 57.4 Å². The summed E-state index contributed by atoms with van der Waals surface area (Å²) in [6.45, 7) is 22.1. The number of pyridine rings is 1. The van der Waals surface area contributed by atoms with Crippen molar-refractivity contribution in [3.8, 4) is 21.6 Å². The van der Waals surface area contributed by atoms with Crippen molar-refractivity contribution in [3.63, 3.8) is 0 Å². The van der Waals surface area contributed by atoms with Crippen molar-refractivity contribution < 1.29 is 33.8 Å². The van der Waals surface area contributed by atoms with E-state index in [2.05, 4.69) is 73.0 Å². The van der Waals surface area contributed by atoms with Gasteiger partial charge in [0.05, 0.1) is 22.2 Å². The predicted octanol–water partition coefficient (Wildman–Crippen LogP) is 9.69. The van der Waals surface area contributed by atoms with Crippen molar-refractivity contribution in [3.05, 3.63) is 127 Å². The number of aryl methyl sites for hydroxylation is 3. The zero-order chi connectivity index (χ0) is 61.5. The van der Waals surface area contributed by atoms with Gasteiger partial charge >= 0.3 is 0 Å². The molecule has 2 aromatic heterocycles. The number of rotatable bonds is 26. The third-order valence-electron chi connectivity index (χ3n) is 17.5. The highest BCUT2D eigenvalue weighted by Gasteiger charge is 2.44. The van der Waals surface area contributed by atoms with E-state index in [1.54, 1.807) is 11.3 Å². The standard InChI is InChI=1S/C68H93N9O8S/c1-9-76(54-28-34-85-35-29-54)58-38-53(37-56(47(58)4)64(81)70-41-57-45(2)36-46(3)72-65(57)82)51-24-22-50(23-25-51)42-74-30-32-75(33-31-74)61(80)19-17-15-13-11-10-12-14-16-18-60(79)73-63(68(6,7)8)67(84)77-43-55(78)39-59(77)66(83)69-40-49-20-26-52(27-21-49)62-48(5)71-44-86-62/h20-27,36-38,44,54-55,59,63,78H,9-19,28-35,39-43H2,1-8H3,(H,69,83)(H,70,81)(H,72,82)(H,73,79)/t55-,59-,63-/m1/s1. The molecule has 0 spiro atoms. The van der Waals surface area contributed by atoms with E-state index >= 15 is 0 Å². The van der Waals surface area contributed by atoms with Gasteiger partial charge in [-0.25, -0.2) is 4.98 Å². The summed E-state index contributed by atoms with van der Waals surface area (Å²) in [7, 11) is 0. The van der Waals surface area contributed by atoms with Gasteiger partial charge in [0, 0.05) is 120 Å². The smallest absolute Gasteiger partial charge is 0.253 e. The Labute approximate surface area is 513 Å². The first-order valence-corrected chi connectivity index (χ1v) is 32.3. The molecule has 5 amide bonds. The summed E-state index contributed by atoms with van der Waals surface area (Å²) < 4.78 is 5.72. The Morgan fingerprint density at radius 2 is 1.43 bits per heavy atom. The van der Waals surface area contributed by atoms with Gasteiger partial charge in [-0.05, 0) is 123 Å². The van der Waals surface area contributed by atoms with Gasteiger partial charge < -0.3 is 45.5 Å². The van der Waals surface area contributed by atoms with Gasteiger partial charge in [0.25, 0.3) is 11.5 Å². The number of hydrogen-bond acceptors (Lipinski definition) is 12. The zero-order valence-electron chi connectivity index (χ0n) is 52.2. The van der Waals surface area contributed by atoms with Crippen LogP contribution in [-0.4, -0.2) is 136 Å². The number of thiazole rings is 1. The number of likely N-dealkylation sites (tertiary alicyclic amines) is 1. The molecular weight excluding hydrogens is 1100 g/mol. The van der Waals surface area contributed by atoms with Crippen LogP contribution in [0.5, 0.6) is 0 Å². The summed E-state index contributed by atoms with van der Waals surface area (Å²) in [6.07, 6.45) is 9.69. The maximum absolute atomic E-state index is 14.1. The average Bonchev–Trinajstić information content (AvgIpc) is 2.25. The monoisotopic (exact) mass is 1200 g/mol. The Bertz CT molecular complexity index is 3160. The minimum absolute atomic E-state index is 0.0284. The molecule has 3 fully saturated rings. The van der Waals surface area contributed by atoms with Crippen LogP contribution in [0, 0.1) is 33.1 Å². The van der Waals surface area contributed by atoms with E-state index < -0.39 is 23.6 Å². The highest BCUT2D eigenvalue weighted by atomic mass is 32.1. The first kappa shape index (κ1) is 65.2. The minimum atomic E-state index is -0.858. The molecule has 3 saturated heterocycles. The van der Waals surface area contributed by atoms with Crippen LogP contribution in [0.1, 0.15) is 161 Å². The summed E-state index contributed by atoms with van der Waals surface area (Å²) in [5.41, 5.74) is 11.8. The highest BCUT2D eigenvalue weighted by Crippen LogP contribution is 2.35. The minimum Gasteiger partial charge on any atom is -0.391 e. The molecule has 3 atom stereocenters. The number of aromatic nitrogens is 2. The molecule has 5 heterocycles. The fourth-order valence-corrected chi connectivity index (χ4v) is 13.2. The fraction of sp³-hybridized carbons (Fsp3) is 0.544. The Kier molecular flexibility index (Phi) is 23.3. The molecule has 464 valence electrons. The van der Waals surface area contributed by atoms with Crippen LogP contribution in [0.3, 0.4) is 0 Å². The normalized spacial score (nSPS) is 17.1. The number of carbonyl (C=O) groups excluding carboxylic acids is 5. The summed E-state index contributed by atoms with van der Waals surface area (Å²) in [5.74, 6) is -0.883. The van der Waals surface area contributed by atoms with Gasteiger partial charge in [-0.15, -0.1) is 11.3 Å². The van der Waals surface area contributed by atoms with Gasteiger partial charge in [0.1, 0.15) is 12.1 Å². The van der Waals surface area contributed by atoms with Gasteiger partial charge in [0.15, 0.2) is 0 Å². The van der Waals surface area contributed by atoms with Crippen molar-refractivity contribution in [2.45, 2.75) is 183 Å². The molecule has 5 aromatic rings. The molecule has 18 heteroatoms. The second-order valence-electron chi connectivity index (χ2n) is 25.0. The molecule has 0 unspecified atom stereocenters. The van der Waals surface area contributed by atoms with Gasteiger partial charge in [0.2, 0.25) is 23.6 Å². The van der Waals surface area contributed by atoms with E-state index in [-0.39, 0.29) is 61.2 Å². The number of aliphatic hydroxyl groups excluding tert-OH is 1. The van der Waals surface area contributed by atoms with E-state index in [4.69, 9.17) is 4.74 Å². The van der Waals surface area contributed by atoms with E-state index in [9.17, 15) is 33.9 Å². The molecule has 17 nitrogen and oxygen atoms in total. The number of piperazine rings is 1. The third kappa shape index (κ3) is 17.5. The molecule has 5 N–H and O–H groups in total. The number of nitrogens with zero attached hydrogens (tertiary/aromatic N) is 5. The molecule has 3 aliphatic rings. The maximum atomic E-state index is 14.1. The van der Waals surface area contributed by atoms with Crippen LogP contribution in [0.25, 0.3) is 21.6 Å². The number of hydrogen-bond donors (Lipinski definition) is 5. The van der Waals surface area contributed by atoms with Crippen LogP contribution in [0.4, 0.5) is 5.69 Å². The van der Waals surface area contributed by atoms with E-state index in [0.717, 1.165) is 139 Å². The number of β-amino-alcohol motifs (C(OH)–C–C–N with tert-alkyl or cyclic N) is 1. The lowest BCUT2D eigenvalue weighted by Gasteiger charge is -2.37. The van der Waals surface area contributed by atoms with Crippen molar-refractivity contribution in [1.29, 1.82) is 0 Å². The summed E-state index contributed by atoms with van der Waals surface area (Å²) in [6, 6.07) is 21.3. The Morgan fingerprint density at radius 1 is 0.791 bits per heavy atom. The molecule has 0 aliphatic carbocycles. The lowest BCUT2D eigenvalue weighted by molar-refractivity contribution is -0.144.